The van der Waals surface area contributed by atoms with Gasteiger partial charge in [-0.25, -0.2) is 0 Å². The van der Waals surface area contributed by atoms with Crippen molar-refractivity contribution >= 4 is 68.0 Å². The van der Waals surface area contributed by atoms with Crippen molar-refractivity contribution in [2.24, 2.45) is 0 Å². The molecule has 7 nitrogen and oxygen atoms in total. The van der Waals surface area contributed by atoms with Crippen molar-refractivity contribution in [1.29, 1.82) is 0 Å². The Balaban J connectivity index is 5.82. The number of hydrogen-bond donors (Lipinski definition) is 0. The van der Waals surface area contributed by atoms with E-state index >= 15 is 0 Å². The van der Waals surface area contributed by atoms with Crippen LogP contribution < -0.4 is 0 Å². The predicted octanol–water partition coefficient (Wildman–Crippen LogP) is 6.98. The summed E-state index contributed by atoms with van der Waals surface area (Å²) in [6.45, 7) is 38.4. The second-order valence-corrected chi connectivity index (χ2v) is 45.4. The van der Waals surface area contributed by atoms with E-state index in [1.54, 1.807) is 0 Å². The molecule has 0 fully saturated rings. The second-order valence-electron chi connectivity index (χ2n) is 13.7. The van der Waals surface area contributed by atoms with Crippen LogP contribution in [0.1, 0.15) is 0 Å². The third-order valence-electron chi connectivity index (χ3n) is 3.32. The largest absolute Gasteiger partial charge is 0.467 e. The molecule has 0 saturated heterocycles. The minimum Gasteiger partial charge on any atom is -0.417 e. The summed E-state index contributed by atoms with van der Waals surface area (Å²) >= 11 is 0. The van der Waals surface area contributed by atoms with Crippen molar-refractivity contribution in [2.45, 2.75) is 118 Å². The molecule has 0 spiro atoms. The van der Waals surface area contributed by atoms with E-state index in [1.807, 2.05) is 13.1 Å². The van der Waals surface area contributed by atoms with E-state index in [1.165, 1.54) is 0 Å². The van der Waals surface area contributed by atoms with Gasteiger partial charge in [0.2, 0.25) is 0 Å². The third-order valence-corrected chi connectivity index (χ3v) is 29.9. The fraction of sp³-hybridized carbons (Fsp3) is 1.00. The molecule has 0 saturated carbocycles. The van der Waals surface area contributed by atoms with Crippen molar-refractivity contribution < 1.29 is 28.8 Å². The summed E-state index contributed by atoms with van der Waals surface area (Å²) in [6.07, 6.45) is 0. The highest BCUT2D eigenvalue weighted by Gasteiger charge is 2.53. The van der Waals surface area contributed by atoms with E-state index in [0.717, 1.165) is 0 Å². The van der Waals surface area contributed by atoms with Crippen molar-refractivity contribution in [3.05, 3.63) is 0 Å². The Morgan fingerprint density at radius 3 is 0.576 bits per heavy atom. The molecule has 0 aromatic heterocycles. The van der Waals surface area contributed by atoms with E-state index in [2.05, 4.69) is 105 Å². The zero-order valence-corrected chi connectivity index (χ0v) is 32.9. The van der Waals surface area contributed by atoms with Crippen LogP contribution in [0.15, 0.2) is 0 Å². The van der Waals surface area contributed by atoms with E-state index in [9.17, 15) is 0 Å². The van der Waals surface area contributed by atoms with Crippen molar-refractivity contribution in [2.75, 3.05) is 0 Å². The molecule has 33 heavy (non-hydrogen) atoms. The highest BCUT2D eigenvalue weighted by Crippen LogP contribution is 2.30. The summed E-state index contributed by atoms with van der Waals surface area (Å²) < 4.78 is 46.4. The molecule has 0 unspecified atom stereocenters. The SMILES string of the molecule is C[Si](C)(C)O[Si](C)(O[Si](C)(C)C)O[Si](C)(C)O[Si](C)(C)O[Si](C)(O[Si](C)(C)C)O[Si](C)(C)C. The molecule has 200 valence electrons. The lowest BCUT2D eigenvalue weighted by atomic mass is 11.8. The zero-order valence-electron chi connectivity index (χ0n) is 24.9. The highest BCUT2D eigenvalue weighted by atomic mass is 28.5. The summed E-state index contributed by atoms with van der Waals surface area (Å²) in [5.74, 6) is 0. The molecule has 0 aromatic rings. The molecule has 0 aromatic carbocycles. The van der Waals surface area contributed by atoms with Gasteiger partial charge < -0.3 is 28.8 Å². The molecule has 0 aliphatic heterocycles. The van der Waals surface area contributed by atoms with Gasteiger partial charge in [0.1, 0.15) is 0 Å². The second kappa shape index (κ2) is 11.1. The van der Waals surface area contributed by atoms with Crippen LogP contribution in [0.4, 0.5) is 0 Å². The summed E-state index contributed by atoms with van der Waals surface area (Å²) in [5, 5.41) is 0. The Labute approximate surface area is 214 Å². The zero-order chi connectivity index (χ0) is 26.9. The summed E-state index contributed by atoms with van der Waals surface area (Å²) in [4.78, 5) is 0. The van der Waals surface area contributed by atoms with Gasteiger partial charge in [-0.2, -0.15) is 0 Å². The molecule has 0 radical (unpaired) electrons. The van der Waals surface area contributed by atoms with Crippen LogP contribution in [0.3, 0.4) is 0 Å². The fourth-order valence-corrected chi connectivity index (χ4v) is 37.9. The van der Waals surface area contributed by atoms with Gasteiger partial charge in [-0.1, -0.05) is 0 Å². The molecule has 0 bridgehead atoms. The Morgan fingerprint density at radius 2 is 0.424 bits per heavy atom. The number of hydrogen-bond acceptors (Lipinski definition) is 7. The minimum atomic E-state index is -2.90. The van der Waals surface area contributed by atoms with E-state index in [4.69, 9.17) is 28.8 Å². The standard InChI is InChI=1S/C18H54O7Si8/c1-26(2,3)19-32(17,20-27(4,5)6)24-30(13,14)23-31(15,16)25-33(18,21-28(7,8)9)22-29(10,11)12/h1-18H3. The molecular weight excluding hydrogens is 553 g/mol. The average Bonchev–Trinajstić information content (AvgIpc) is 2.20. The maximum atomic E-state index is 6.72. The normalized spacial score (nSPS) is 15.8. The molecule has 0 aliphatic rings. The van der Waals surface area contributed by atoms with Crippen molar-refractivity contribution in [3.8, 4) is 0 Å². The first kappa shape index (κ1) is 34.5. The molecule has 0 N–H and O–H groups in total. The van der Waals surface area contributed by atoms with Gasteiger partial charge in [0.25, 0.3) is 0 Å². The third kappa shape index (κ3) is 17.5. The van der Waals surface area contributed by atoms with Crippen LogP contribution in [0.25, 0.3) is 0 Å². The molecular formula is C18H54O7Si8. The first-order chi connectivity index (χ1) is 13.9. The van der Waals surface area contributed by atoms with Crippen molar-refractivity contribution in [3.63, 3.8) is 0 Å². The highest BCUT2D eigenvalue weighted by molar-refractivity contribution is 6.92. The Bertz CT molecular complexity index is 548. The fourth-order valence-electron chi connectivity index (χ4n) is 3.88. The van der Waals surface area contributed by atoms with E-state index in [-0.39, 0.29) is 0 Å². The summed E-state index contributed by atoms with van der Waals surface area (Å²) in [6, 6.07) is 0. The minimum absolute atomic E-state index is 1.89. The van der Waals surface area contributed by atoms with Gasteiger partial charge >= 0.3 is 34.7 Å². The van der Waals surface area contributed by atoms with Crippen LogP contribution in [0.5, 0.6) is 0 Å². The monoisotopic (exact) mass is 606 g/mol. The first-order valence-electron chi connectivity index (χ1n) is 11.9. The quantitative estimate of drug-likeness (QED) is 0.198. The van der Waals surface area contributed by atoms with E-state index < -0.39 is 68.0 Å². The lowest BCUT2D eigenvalue weighted by Gasteiger charge is -2.45. The molecule has 0 heterocycles. The molecule has 0 rings (SSSR count). The first-order valence-corrected chi connectivity index (χ1v) is 35.6. The van der Waals surface area contributed by atoms with Gasteiger partial charge in [0.05, 0.1) is 0 Å². The van der Waals surface area contributed by atoms with Crippen LogP contribution >= 0.6 is 0 Å². The Morgan fingerprint density at radius 1 is 0.242 bits per heavy atom. The van der Waals surface area contributed by atoms with Crippen LogP contribution in [-0.4, -0.2) is 68.0 Å². The van der Waals surface area contributed by atoms with Crippen LogP contribution in [0.2, 0.25) is 118 Å². The molecule has 15 heteroatoms. The van der Waals surface area contributed by atoms with Gasteiger partial charge in [-0.05, 0) is 105 Å². The van der Waals surface area contributed by atoms with E-state index in [0.29, 0.717) is 0 Å². The molecule has 0 atom stereocenters. The Hall–Kier alpha value is 1.46. The molecule has 0 amide bonds. The average molecular weight is 607 g/mol. The summed E-state index contributed by atoms with van der Waals surface area (Å²) in [7, 11) is -18.7. The van der Waals surface area contributed by atoms with Gasteiger partial charge in [0, 0.05) is 13.1 Å². The topological polar surface area (TPSA) is 64.6 Å². The van der Waals surface area contributed by atoms with Crippen LogP contribution in [0, 0.1) is 0 Å². The van der Waals surface area contributed by atoms with Gasteiger partial charge in [0.15, 0.2) is 33.3 Å². The Kier molecular flexibility index (Phi) is 11.5. The van der Waals surface area contributed by atoms with Crippen LogP contribution in [-0.2, 0) is 28.8 Å². The predicted molar refractivity (Wildman–Crippen MR) is 159 cm³/mol. The maximum Gasteiger partial charge on any atom is 0.467 e. The lowest BCUT2D eigenvalue weighted by molar-refractivity contribution is 0.208. The molecule has 0 aliphatic carbocycles. The van der Waals surface area contributed by atoms with Crippen molar-refractivity contribution in [1.82, 2.24) is 0 Å². The maximum absolute atomic E-state index is 6.72. The lowest BCUT2D eigenvalue weighted by Crippen LogP contribution is -2.64. The smallest absolute Gasteiger partial charge is 0.417 e. The summed E-state index contributed by atoms with van der Waals surface area (Å²) in [5.41, 5.74) is 0. The van der Waals surface area contributed by atoms with Gasteiger partial charge in [-0.3, -0.25) is 0 Å². The number of rotatable bonds is 14. The van der Waals surface area contributed by atoms with Gasteiger partial charge in [-0.15, -0.1) is 0 Å².